The van der Waals surface area contributed by atoms with Crippen molar-refractivity contribution in [2.24, 2.45) is 14.1 Å². The molecule has 20 heavy (non-hydrogen) atoms. The normalized spacial score (nSPS) is 11.2. The second-order valence-corrected chi connectivity index (χ2v) is 5.98. The Morgan fingerprint density at radius 2 is 1.95 bits per heavy atom. The van der Waals surface area contributed by atoms with Crippen LogP contribution in [0.15, 0.2) is 20.7 Å². The molecule has 108 valence electrons. The Morgan fingerprint density at radius 3 is 2.60 bits per heavy atom. The van der Waals surface area contributed by atoms with Gasteiger partial charge < -0.3 is 0 Å². The SMILES string of the molecule is CCCCSc1c(C)cnc2c1c(=O)n(C)c(=O)n2C. The highest BCUT2D eigenvalue weighted by atomic mass is 32.2. The van der Waals surface area contributed by atoms with E-state index in [9.17, 15) is 9.59 Å². The van der Waals surface area contributed by atoms with E-state index in [2.05, 4.69) is 11.9 Å². The summed E-state index contributed by atoms with van der Waals surface area (Å²) in [7, 11) is 3.15. The van der Waals surface area contributed by atoms with Crippen molar-refractivity contribution in [3.05, 3.63) is 32.6 Å². The summed E-state index contributed by atoms with van der Waals surface area (Å²) in [5.41, 5.74) is 0.832. The molecule has 0 N–H and O–H groups in total. The Morgan fingerprint density at radius 1 is 1.25 bits per heavy atom. The molecule has 5 nitrogen and oxygen atoms in total. The molecule has 0 saturated heterocycles. The van der Waals surface area contributed by atoms with Crippen LogP contribution in [0.2, 0.25) is 0 Å². The number of unbranched alkanes of at least 4 members (excludes halogenated alkanes) is 1. The fraction of sp³-hybridized carbons (Fsp3) is 0.500. The third kappa shape index (κ3) is 2.40. The van der Waals surface area contributed by atoms with E-state index in [1.165, 1.54) is 11.6 Å². The number of hydrogen-bond donors (Lipinski definition) is 0. The van der Waals surface area contributed by atoms with E-state index in [0.717, 1.165) is 33.6 Å². The summed E-state index contributed by atoms with van der Waals surface area (Å²) in [6.07, 6.45) is 3.95. The smallest absolute Gasteiger partial charge is 0.280 e. The highest BCUT2D eigenvalue weighted by Crippen LogP contribution is 2.28. The van der Waals surface area contributed by atoms with Gasteiger partial charge in [-0.1, -0.05) is 13.3 Å². The molecule has 0 aliphatic rings. The molecule has 2 aromatic heterocycles. The molecule has 2 aromatic rings. The van der Waals surface area contributed by atoms with Crippen molar-refractivity contribution in [3.8, 4) is 0 Å². The van der Waals surface area contributed by atoms with E-state index >= 15 is 0 Å². The first-order valence-corrected chi connectivity index (χ1v) is 7.65. The lowest BCUT2D eigenvalue weighted by Crippen LogP contribution is -2.37. The number of aryl methyl sites for hydroxylation is 2. The quantitative estimate of drug-likeness (QED) is 0.637. The van der Waals surface area contributed by atoms with Crippen LogP contribution in [0.3, 0.4) is 0 Å². The van der Waals surface area contributed by atoms with E-state index in [0.29, 0.717) is 11.0 Å². The van der Waals surface area contributed by atoms with Crippen LogP contribution in [-0.4, -0.2) is 19.9 Å². The zero-order valence-corrected chi connectivity index (χ0v) is 13.1. The van der Waals surface area contributed by atoms with E-state index in [-0.39, 0.29) is 11.2 Å². The average molecular weight is 293 g/mol. The third-order valence-electron chi connectivity index (χ3n) is 3.34. The van der Waals surface area contributed by atoms with Gasteiger partial charge in [0.05, 0.1) is 5.39 Å². The van der Waals surface area contributed by atoms with Gasteiger partial charge in [-0.05, 0) is 24.7 Å². The monoisotopic (exact) mass is 293 g/mol. The summed E-state index contributed by atoms with van der Waals surface area (Å²) < 4.78 is 2.58. The molecule has 2 heterocycles. The summed E-state index contributed by atoms with van der Waals surface area (Å²) in [4.78, 5) is 29.6. The van der Waals surface area contributed by atoms with Gasteiger partial charge in [-0.15, -0.1) is 11.8 Å². The van der Waals surface area contributed by atoms with E-state index in [4.69, 9.17) is 0 Å². The zero-order chi connectivity index (χ0) is 14.9. The number of fused-ring (bicyclic) bond motifs is 1. The fourth-order valence-electron chi connectivity index (χ4n) is 2.10. The Labute approximate surface area is 121 Å². The van der Waals surface area contributed by atoms with Gasteiger partial charge in [-0.25, -0.2) is 9.78 Å². The maximum absolute atomic E-state index is 12.4. The van der Waals surface area contributed by atoms with Crippen molar-refractivity contribution in [3.63, 3.8) is 0 Å². The van der Waals surface area contributed by atoms with Gasteiger partial charge in [-0.3, -0.25) is 13.9 Å². The second kappa shape index (κ2) is 5.83. The standard InChI is InChI=1S/C14H19N3O2S/c1-5-6-7-20-11-9(2)8-15-12-10(11)13(18)17(4)14(19)16(12)3/h8H,5-7H2,1-4H3. The number of thioether (sulfide) groups is 1. The minimum absolute atomic E-state index is 0.265. The lowest BCUT2D eigenvalue weighted by molar-refractivity contribution is 0.705. The van der Waals surface area contributed by atoms with Gasteiger partial charge in [0, 0.05) is 25.2 Å². The number of pyridine rings is 1. The van der Waals surface area contributed by atoms with Crippen LogP contribution >= 0.6 is 11.8 Å². The number of rotatable bonds is 4. The molecule has 0 unspecified atom stereocenters. The van der Waals surface area contributed by atoms with E-state index in [1.54, 1.807) is 25.0 Å². The van der Waals surface area contributed by atoms with Gasteiger partial charge in [0.2, 0.25) is 0 Å². The Hall–Kier alpha value is -1.56. The molecule has 2 rings (SSSR count). The van der Waals surface area contributed by atoms with Crippen LogP contribution in [0.1, 0.15) is 25.3 Å². The largest absolute Gasteiger partial charge is 0.332 e. The molecule has 0 spiro atoms. The predicted octanol–water partition coefficient (Wildman–Crippen LogP) is 1.83. The number of nitrogens with zero attached hydrogens (tertiary/aromatic N) is 3. The summed E-state index contributed by atoms with van der Waals surface area (Å²) in [6.45, 7) is 4.09. The maximum Gasteiger partial charge on any atom is 0.332 e. The topological polar surface area (TPSA) is 56.9 Å². The third-order valence-corrected chi connectivity index (χ3v) is 4.65. The lowest BCUT2D eigenvalue weighted by Gasteiger charge is -2.12. The van der Waals surface area contributed by atoms with Gasteiger partial charge in [0.25, 0.3) is 5.56 Å². The minimum Gasteiger partial charge on any atom is -0.280 e. The minimum atomic E-state index is -0.344. The van der Waals surface area contributed by atoms with E-state index in [1.807, 2.05) is 6.92 Å². The van der Waals surface area contributed by atoms with Gasteiger partial charge >= 0.3 is 5.69 Å². The molecule has 0 atom stereocenters. The summed E-state index contributed by atoms with van der Waals surface area (Å²) in [6, 6.07) is 0. The Bertz CT molecular complexity index is 762. The Kier molecular flexibility index (Phi) is 4.32. The molecule has 0 radical (unpaired) electrons. The molecule has 0 saturated carbocycles. The molecule has 0 aliphatic heterocycles. The highest BCUT2D eigenvalue weighted by molar-refractivity contribution is 7.99. The number of aromatic nitrogens is 3. The van der Waals surface area contributed by atoms with Gasteiger partial charge in [0.1, 0.15) is 5.65 Å². The van der Waals surface area contributed by atoms with E-state index < -0.39 is 0 Å². The van der Waals surface area contributed by atoms with Crippen LogP contribution in [0.4, 0.5) is 0 Å². The average Bonchev–Trinajstić information content (AvgIpc) is 2.44. The maximum atomic E-state index is 12.4. The van der Waals surface area contributed by atoms with Crippen molar-refractivity contribution in [1.29, 1.82) is 0 Å². The molecule has 0 aliphatic carbocycles. The number of hydrogen-bond acceptors (Lipinski definition) is 4. The fourth-order valence-corrected chi connectivity index (χ4v) is 3.34. The molecule has 0 amide bonds. The van der Waals surface area contributed by atoms with Crippen molar-refractivity contribution in [2.75, 3.05) is 5.75 Å². The predicted molar refractivity (Wildman–Crippen MR) is 82.6 cm³/mol. The summed E-state index contributed by atoms with van der Waals surface area (Å²) >= 11 is 1.67. The van der Waals surface area contributed by atoms with Crippen molar-refractivity contribution in [1.82, 2.24) is 14.1 Å². The van der Waals surface area contributed by atoms with Crippen LogP contribution < -0.4 is 11.2 Å². The van der Waals surface area contributed by atoms with Crippen molar-refractivity contribution >= 4 is 22.8 Å². The molecule has 0 fully saturated rings. The second-order valence-electron chi connectivity index (χ2n) is 4.88. The van der Waals surface area contributed by atoms with Crippen molar-refractivity contribution in [2.45, 2.75) is 31.6 Å². The van der Waals surface area contributed by atoms with Crippen LogP contribution in [0.5, 0.6) is 0 Å². The summed E-state index contributed by atoms with van der Waals surface area (Å²) in [5, 5.41) is 0.552. The first-order valence-electron chi connectivity index (χ1n) is 6.67. The van der Waals surface area contributed by atoms with Gasteiger partial charge in [0.15, 0.2) is 0 Å². The highest BCUT2D eigenvalue weighted by Gasteiger charge is 2.15. The first kappa shape index (κ1) is 14.8. The zero-order valence-electron chi connectivity index (χ0n) is 12.3. The molecule has 6 heteroatoms. The lowest BCUT2D eigenvalue weighted by atomic mass is 10.2. The summed E-state index contributed by atoms with van der Waals surface area (Å²) in [5.74, 6) is 0.961. The Balaban J connectivity index is 2.77. The van der Waals surface area contributed by atoms with Crippen molar-refractivity contribution < 1.29 is 0 Å². The van der Waals surface area contributed by atoms with Crippen LogP contribution in [-0.2, 0) is 14.1 Å². The molecule has 0 aromatic carbocycles. The molecular weight excluding hydrogens is 274 g/mol. The molecule has 0 bridgehead atoms. The molecular formula is C14H19N3O2S. The van der Waals surface area contributed by atoms with Gasteiger partial charge in [-0.2, -0.15) is 0 Å². The van der Waals surface area contributed by atoms with Crippen LogP contribution in [0.25, 0.3) is 11.0 Å². The van der Waals surface area contributed by atoms with Crippen LogP contribution in [0, 0.1) is 6.92 Å². The first-order chi connectivity index (χ1) is 9.49.